The molecule has 0 aliphatic heterocycles. The topological polar surface area (TPSA) is 12.0 Å². The fourth-order valence-electron chi connectivity index (χ4n) is 2.12. The number of aryl methyl sites for hydroxylation is 2. The molecule has 0 amide bonds. The summed E-state index contributed by atoms with van der Waals surface area (Å²) in [7, 11) is 0. The second-order valence-electron chi connectivity index (χ2n) is 4.89. The highest BCUT2D eigenvalue weighted by molar-refractivity contribution is 5.68. The Morgan fingerprint density at radius 3 is 2.42 bits per heavy atom. The van der Waals surface area contributed by atoms with Gasteiger partial charge in [0.15, 0.2) is 0 Å². The molecule has 0 unspecified atom stereocenters. The summed E-state index contributed by atoms with van der Waals surface area (Å²) in [6.45, 7) is 7.72. The summed E-state index contributed by atoms with van der Waals surface area (Å²) in [4.78, 5) is 0. The Bertz CT molecular complexity index is 575. The summed E-state index contributed by atoms with van der Waals surface area (Å²) in [5.41, 5.74) is 5.13. The number of nitrogens with one attached hydrogen (secondary N) is 1. The van der Waals surface area contributed by atoms with E-state index in [-0.39, 0.29) is 5.82 Å². The summed E-state index contributed by atoms with van der Waals surface area (Å²) < 4.78 is 13.7. The van der Waals surface area contributed by atoms with Crippen LogP contribution in [0.2, 0.25) is 0 Å². The molecule has 0 saturated heterocycles. The van der Waals surface area contributed by atoms with Gasteiger partial charge in [-0.05, 0) is 60.3 Å². The Balaban J connectivity index is 2.39. The molecule has 2 aromatic carbocycles. The van der Waals surface area contributed by atoms with E-state index in [2.05, 4.69) is 37.4 Å². The third-order valence-corrected chi connectivity index (χ3v) is 3.36. The molecule has 0 saturated carbocycles. The van der Waals surface area contributed by atoms with Crippen LogP contribution in [-0.2, 0) is 6.54 Å². The van der Waals surface area contributed by atoms with Crippen molar-refractivity contribution in [2.45, 2.75) is 27.3 Å². The Labute approximate surface area is 114 Å². The molecule has 2 aromatic rings. The van der Waals surface area contributed by atoms with Crippen molar-refractivity contribution in [3.8, 4) is 11.1 Å². The van der Waals surface area contributed by atoms with Crippen LogP contribution in [0.15, 0.2) is 36.4 Å². The lowest BCUT2D eigenvalue weighted by Gasteiger charge is -2.10. The van der Waals surface area contributed by atoms with Crippen molar-refractivity contribution in [3.63, 3.8) is 0 Å². The zero-order valence-electron chi connectivity index (χ0n) is 11.8. The average molecular weight is 257 g/mol. The zero-order chi connectivity index (χ0) is 13.8. The molecule has 0 radical (unpaired) electrons. The first kappa shape index (κ1) is 13.8. The summed E-state index contributed by atoms with van der Waals surface area (Å²) in [5, 5.41) is 3.31. The highest BCUT2D eigenvalue weighted by atomic mass is 19.1. The molecule has 0 aromatic heterocycles. The molecule has 0 spiro atoms. The molecule has 19 heavy (non-hydrogen) atoms. The van der Waals surface area contributed by atoms with Crippen LogP contribution in [0.25, 0.3) is 11.1 Å². The minimum absolute atomic E-state index is 0.144. The molecule has 1 N–H and O–H groups in total. The van der Waals surface area contributed by atoms with Gasteiger partial charge in [-0.1, -0.05) is 31.2 Å². The normalized spacial score (nSPS) is 10.7. The van der Waals surface area contributed by atoms with Crippen molar-refractivity contribution in [1.29, 1.82) is 0 Å². The van der Waals surface area contributed by atoms with E-state index in [0.717, 1.165) is 24.2 Å². The fraction of sp³-hybridized carbons (Fsp3) is 0.294. The SMILES string of the molecule is CCNCc1ccc(C)c(-c2ccc(C)c(F)c2)c1. The first-order valence-corrected chi connectivity index (χ1v) is 6.68. The van der Waals surface area contributed by atoms with Crippen LogP contribution >= 0.6 is 0 Å². The van der Waals surface area contributed by atoms with Gasteiger partial charge >= 0.3 is 0 Å². The van der Waals surface area contributed by atoms with E-state index in [1.54, 1.807) is 13.0 Å². The van der Waals surface area contributed by atoms with Gasteiger partial charge in [-0.3, -0.25) is 0 Å². The monoisotopic (exact) mass is 257 g/mol. The molecule has 0 heterocycles. The largest absolute Gasteiger partial charge is 0.313 e. The van der Waals surface area contributed by atoms with Gasteiger partial charge in [-0.25, -0.2) is 4.39 Å². The minimum atomic E-state index is -0.144. The van der Waals surface area contributed by atoms with Crippen molar-refractivity contribution in [1.82, 2.24) is 5.32 Å². The Morgan fingerprint density at radius 1 is 1.00 bits per heavy atom. The van der Waals surface area contributed by atoms with E-state index >= 15 is 0 Å². The highest BCUT2D eigenvalue weighted by Crippen LogP contribution is 2.26. The smallest absolute Gasteiger partial charge is 0.126 e. The standard InChI is InChI=1S/C17H20FN/c1-4-19-11-14-7-5-12(2)16(9-14)15-8-6-13(3)17(18)10-15/h5-10,19H,4,11H2,1-3H3. The van der Waals surface area contributed by atoms with E-state index in [1.807, 2.05) is 12.1 Å². The maximum absolute atomic E-state index is 13.7. The molecule has 0 aliphatic rings. The maximum Gasteiger partial charge on any atom is 0.126 e. The van der Waals surface area contributed by atoms with Crippen LogP contribution < -0.4 is 5.32 Å². The van der Waals surface area contributed by atoms with Crippen LogP contribution in [0, 0.1) is 19.7 Å². The van der Waals surface area contributed by atoms with E-state index in [9.17, 15) is 4.39 Å². The lowest BCUT2D eigenvalue weighted by atomic mass is 9.97. The second kappa shape index (κ2) is 5.98. The number of halogens is 1. The molecule has 0 fully saturated rings. The average Bonchev–Trinajstić information content (AvgIpc) is 2.41. The van der Waals surface area contributed by atoms with Crippen molar-refractivity contribution >= 4 is 0 Å². The first-order valence-electron chi connectivity index (χ1n) is 6.68. The molecule has 2 rings (SSSR count). The second-order valence-corrected chi connectivity index (χ2v) is 4.89. The fourth-order valence-corrected chi connectivity index (χ4v) is 2.12. The molecule has 0 atom stereocenters. The molecular formula is C17H20FN. The third kappa shape index (κ3) is 3.21. The van der Waals surface area contributed by atoms with Crippen LogP contribution in [0.3, 0.4) is 0 Å². The molecule has 2 heteroatoms. The molecule has 0 bridgehead atoms. The highest BCUT2D eigenvalue weighted by Gasteiger charge is 2.06. The molecule has 0 aliphatic carbocycles. The van der Waals surface area contributed by atoms with Crippen molar-refractivity contribution in [2.75, 3.05) is 6.54 Å². The van der Waals surface area contributed by atoms with Gasteiger partial charge in [0.05, 0.1) is 0 Å². The lowest BCUT2D eigenvalue weighted by Crippen LogP contribution is -2.11. The van der Waals surface area contributed by atoms with E-state index in [0.29, 0.717) is 5.56 Å². The van der Waals surface area contributed by atoms with Crippen molar-refractivity contribution in [3.05, 3.63) is 58.9 Å². The minimum Gasteiger partial charge on any atom is -0.313 e. The van der Waals surface area contributed by atoms with Gasteiger partial charge in [-0.15, -0.1) is 0 Å². The van der Waals surface area contributed by atoms with Crippen LogP contribution in [0.4, 0.5) is 4.39 Å². The zero-order valence-corrected chi connectivity index (χ0v) is 11.8. The molecule has 100 valence electrons. The van der Waals surface area contributed by atoms with Gasteiger partial charge in [0, 0.05) is 6.54 Å². The molecular weight excluding hydrogens is 237 g/mol. The third-order valence-electron chi connectivity index (χ3n) is 3.36. The van der Waals surface area contributed by atoms with Gasteiger partial charge in [0.2, 0.25) is 0 Å². The van der Waals surface area contributed by atoms with Crippen LogP contribution in [0.5, 0.6) is 0 Å². The molecule has 1 nitrogen and oxygen atoms in total. The maximum atomic E-state index is 13.7. The van der Waals surface area contributed by atoms with Gasteiger partial charge in [0.1, 0.15) is 5.82 Å². The first-order chi connectivity index (χ1) is 9.11. The van der Waals surface area contributed by atoms with E-state index in [4.69, 9.17) is 0 Å². The quantitative estimate of drug-likeness (QED) is 0.864. The lowest BCUT2D eigenvalue weighted by molar-refractivity contribution is 0.619. The Morgan fingerprint density at radius 2 is 1.74 bits per heavy atom. The predicted molar refractivity (Wildman–Crippen MR) is 78.7 cm³/mol. The Kier molecular flexibility index (Phi) is 4.33. The van der Waals surface area contributed by atoms with E-state index in [1.165, 1.54) is 11.1 Å². The summed E-state index contributed by atoms with van der Waals surface area (Å²) in [6.07, 6.45) is 0. The van der Waals surface area contributed by atoms with Gasteiger partial charge in [-0.2, -0.15) is 0 Å². The van der Waals surface area contributed by atoms with E-state index < -0.39 is 0 Å². The van der Waals surface area contributed by atoms with Crippen LogP contribution in [0.1, 0.15) is 23.6 Å². The van der Waals surface area contributed by atoms with Gasteiger partial charge < -0.3 is 5.32 Å². The van der Waals surface area contributed by atoms with Crippen LogP contribution in [-0.4, -0.2) is 6.54 Å². The van der Waals surface area contributed by atoms with Gasteiger partial charge in [0.25, 0.3) is 0 Å². The number of benzene rings is 2. The number of hydrogen-bond donors (Lipinski definition) is 1. The summed E-state index contributed by atoms with van der Waals surface area (Å²) in [5.74, 6) is -0.144. The summed E-state index contributed by atoms with van der Waals surface area (Å²) >= 11 is 0. The Hall–Kier alpha value is -1.67. The number of rotatable bonds is 4. The predicted octanol–water partition coefficient (Wildman–Crippen LogP) is 4.22. The summed E-state index contributed by atoms with van der Waals surface area (Å²) in [6, 6.07) is 11.8. The van der Waals surface area contributed by atoms with Crippen molar-refractivity contribution < 1.29 is 4.39 Å². The van der Waals surface area contributed by atoms with Crippen molar-refractivity contribution in [2.24, 2.45) is 0 Å². The number of hydrogen-bond acceptors (Lipinski definition) is 1.